The van der Waals surface area contributed by atoms with Crippen molar-refractivity contribution in [2.75, 3.05) is 5.32 Å². The predicted molar refractivity (Wildman–Crippen MR) is 103 cm³/mol. The van der Waals surface area contributed by atoms with Gasteiger partial charge in [0, 0.05) is 10.7 Å². The van der Waals surface area contributed by atoms with E-state index in [1.807, 2.05) is 30.3 Å². The molecule has 0 aliphatic rings. The lowest BCUT2D eigenvalue weighted by Gasteiger charge is -2.06. The Morgan fingerprint density at radius 3 is 2.42 bits per heavy atom. The van der Waals surface area contributed by atoms with Crippen LogP contribution in [0.4, 0.5) is 5.69 Å². The summed E-state index contributed by atoms with van der Waals surface area (Å²) in [4.78, 5) is 14.0. The van der Waals surface area contributed by atoms with Gasteiger partial charge in [-0.25, -0.2) is 0 Å². The maximum absolute atomic E-state index is 12.4. The molecule has 1 heterocycles. The van der Waals surface area contributed by atoms with Gasteiger partial charge in [0.15, 0.2) is 0 Å². The first-order valence-electron chi connectivity index (χ1n) is 7.79. The molecule has 0 fully saturated rings. The average Bonchev–Trinajstić information content (AvgIpc) is 3.05. The third-order valence-corrected chi connectivity index (χ3v) is 4.35. The van der Waals surface area contributed by atoms with Gasteiger partial charge in [0.1, 0.15) is 11.0 Å². The molecule has 0 saturated carbocycles. The van der Waals surface area contributed by atoms with E-state index in [9.17, 15) is 4.79 Å². The molecule has 1 amide bonds. The monoisotopic (exact) mass is 382 g/mol. The van der Waals surface area contributed by atoms with Crippen LogP contribution in [0.15, 0.2) is 66.7 Å². The van der Waals surface area contributed by atoms with Crippen LogP contribution in [0.1, 0.15) is 10.4 Å². The van der Waals surface area contributed by atoms with Crippen molar-refractivity contribution in [1.82, 2.24) is 15.0 Å². The molecule has 0 aliphatic carbocycles. The molecule has 1 aromatic heterocycles. The van der Waals surface area contributed by atoms with Crippen LogP contribution in [0.2, 0.25) is 10.0 Å². The lowest BCUT2D eigenvalue weighted by atomic mass is 10.2. The van der Waals surface area contributed by atoms with Gasteiger partial charge in [-0.15, -0.1) is 10.2 Å². The number of hydrogen-bond donors (Lipinski definition) is 1. The Balaban J connectivity index is 1.62. The van der Waals surface area contributed by atoms with Crippen molar-refractivity contribution in [2.24, 2.45) is 0 Å². The molecule has 0 unspecified atom stereocenters. The smallest absolute Gasteiger partial charge is 0.257 e. The van der Waals surface area contributed by atoms with E-state index in [1.165, 1.54) is 6.07 Å². The zero-order valence-electron chi connectivity index (χ0n) is 13.4. The van der Waals surface area contributed by atoms with Crippen molar-refractivity contribution in [3.05, 3.63) is 82.3 Å². The second-order valence-electron chi connectivity index (χ2n) is 5.61. The number of aromatic nitrogens is 3. The van der Waals surface area contributed by atoms with E-state index in [0.29, 0.717) is 26.8 Å². The van der Waals surface area contributed by atoms with Gasteiger partial charge >= 0.3 is 0 Å². The maximum Gasteiger partial charge on any atom is 0.257 e. The number of rotatable bonds is 3. The van der Waals surface area contributed by atoms with Crippen molar-refractivity contribution < 1.29 is 4.79 Å². The van der Waals surface area contributed by atoms with E-state index in [0.717, 1.165) is 11.2 Å². The molecule has 26 heavy (non-hydrogen) atoms. The molecular formula is C19H12Cl2N4O. The predicted octanol–water partition coefficient (Wildman–Crippen LogP) is 4.98. The molecule has 0 aliphatic heterocycles. The molecule has 4 rings (SSSR count). The molecule has 1 N–H and O–H groups in total. The normalized spacial score (nSPS) is 10.8. The molecule has 3 aromatic carbocycles. The number of carbonyl (C=O) groups is 1. The summed E-state index contributed by atoms with van der Waals surface area (Å²) in [5.41, 5.74) is 3.23. The zero-order valence-corrected chi connectivity index (χ0v) is 14.9. The number of carbonyl (C=O) groups excluding carboxylic acids is 1. The van der Waals surface area contributed by atoms with Crippen LogP contribution >= 0.6 is 23.2 Å². The number of halogens is 2. The van der Waals surface area contributed by atoms with Gasteiger partial charge in [-0.1, -0.05) is 41.4 Å². The van der Waals surface area contributed by atoms with Gasteiger partial charge in [-0.05, 0) is 48.5 Å². The van der Waals surface area contributed by atoms with Gasteiger partial charge in [0.25, 0.3) is 5.91 Å². The van der Waals surface area contributed by atoms with Crippen molar-refractivity contribution >= 4 is 45.8 Å². The van der Waals surface area contributed by atoms with Crippen LogP contribution in [0.3, 0.4) is 0 Å². The quantitative estimate of drug-likeness (QED) is 0.543. The minimum atomic E-state index is -0.318. The van der Waals surface area contributed by atoms with Gasteiger partial charge < -0.3 is 5.32 Å². The summed E-state index contributed by atoms with van der Waals surface area (Å²) in [6, 6.07) is 19.7. The molecule has 7 heteroatoms. The summed E-state index contributed by atoms with van der Waals surface area (Å²) in [6.45, 7) is 0. The third-order valence-electron chi connectivity index (χ3n) is 3.80. The Morgan fingerprint density at radius 2 is 1.65 bits per heavy atom. The number of hydrogen-bond acceptors (Lipinski definition) is 3. The summed E-state index contributed by atoms with van der Waals surface area (Å²) in [5.74, 6) is -0.318. The molecule has 0 radical (unpaired) electrons. The highest BCUT2D eigenvalue weighted by molar-refractivity contribution is 6.37. The molecule has 0 spiro atoms. The number of nitrogens with one attached hydrogen (secondary N) is 1. The summed E-state index contributed by atoms with van der Waals surface area (Å²) < 4.78 is 0. The fraction of sp³-hybridized carbons (Fsp3) is 0. The fourth-order valence-corrected chi connectivity index (χ4v) is 3.04. The molecular weight excluding hydrogens is 371 g/mol. The first-order chi connectivity index (χ1) is 12.6. The summed E-state index contributed by atoms with van der Waals surface area (Å²) in [6.07, 6.45) is 0. The molecule has 0 saturated heterocycles. The second kappa shape index (κ2) is 6.78. The van der Waals surface area contributed by atoms with Crippen LogP contribution in [0.5, 0.6) is 0 Å². The minimum absolute atomic E-state index is 0.297. The average molecular weight is 383 g/mol. The van der Waals surface area contributed by atoms with E-state index < -0.39 is 0 Å². The van der Waals surface area contributed by atoms with Crippen molar-refractivity contribution in [3.63, 3.8) is 0 Å². The molecule has 5 nitrogen and oxygen atoms in total. The number of nitrogens with zero attached hydrogens (tertiary/aromatic N) is 3. The first kappa shape index (κ1) is 16.6. The Hall–Kier alpha value is -2.89. The third kappa shape index (κ3) is 3.27. The molecule has 0 bridgehead atoms. The Bertz CT molecular complexity index is 1110. The highest BCUT2D eigenvalue weighted by atomic mass is 35.5. The van der Waals surface area contributed by atoms with Crippen LogP contribution in [0, 0.1) is 0 Å². The number of para-hydroxylation sites is 1. The van der Waals surface area contributed by atoms with E-state index in [1.54, 1.807) is 35.1 Å². The van der Waals surface area contributed by atoms with E-state index in [-0.39, 0.29) is 5.91 Å². The standard InChI is InChI=1S/C19H12Cl2N4O/c20-12-6-8-15(16(21)10-12)19(26)22-13-7-9-17-18(11-13)24-25(23-17)14-4-2-1-3-5-14/h1-11H,(H,22,26). The number of amides is 1. The van der Waals surface area contributed by atoms with Crippen LogP contribution in [-0.4, -0.2) is 20.9 Å². The first-order valence-corrected chi connectivity index (χ1v) is 8.55. The lowest BCUT2D eigenvalue weighted by Crippen LogP contribution is -2.12. The fourth-order valence-electron chi connectivity index (χ4n) is 2.54. The number of fused-ring (bicyclic) bond motifs is 1. The summed E-state index contributed by atoms with van der Waals surface area (Å²) in [5, 5.41) is 12.5. The summed E-state index contributed by atoms with van der Waals surface area (Å²) in [7, 11) is 0. The highest BCUT2D eigenvalue weighted by Crippen LogP contribution is 2.23. The van der Waals surface area contributed by atoms with Crippen molar-refractivity contribution in [3.8, 4) is 5.69 Å². The lowest BCUT2D eigenvalue weighted by molar-refractivity contribution is 0.102. The van der Waals surface area contributed by atoms with Crippen molar-refractivity contribution in [1.29, 1.82) is 0 Å². The molecule has 4 aromatic rings. The molecule has 128 valence electrons. The number of anilines is 1. The number of benzene rings is 3. The van der Waals surface area contributed by atoms with Gasteiger partial charge in [-0.2, -0.15) is 4.80 Å². The maximum atomic E-state index is 12.4. The highest BCUT2D eigenvalue weighted by Gasteiger charge is 2.12. The van der Waals surface area contributed by atoms with Gasteiger partial charge in [-0.3, -0.25) is 4.79 Å². The topological polar surface area (TPSA) is 59.8 Å². The Kier molecular flexibility index (Phi) is 4.32. The van der Waals surface area contributed by atoms with E-state index in [4.69, 9.17) is 23.2 Å². The second-order valence-corrected chi connectivity index (χ2v) is 6.45. The zero-order chi connectivity index (χ0) is 18.1. The Morgan fingerprint density at radius 1 is 0.885 bits per heavy atom. The van der Waals surface area contributed by atoms with E-state index >= 15 is 0 Å². The van der Waals surface area contributed by atoms with Crippen LogP contribution in [0.25, 0.3) is 16.7 Å². The molecule has 0 atom stereocenters. The summed E-state index contributed by atoms with van der Waals surface area (Å²) >= 11 is 12.0. The minimum Gasteiger partial charge on any atom is -0.322 e. The SMILES string of the molecule is O=C(Nc1ccc2nn(-c3ccccc3)nc2c1)c1ccc(Cl)cc1Cl. The van der Waals surface area contributed by atoms with E-state index in [2.05, 4.69) is 15.5 Å². The largest absolute Gasteiger partial charge is 0.322 e. The van der Waals surface area contributed by atoms with Crippen molar-refractivity contribution in [2.45, 2.75) is 0 Å². The van der Waals surface area contributed by atoms with Crippen LogP contribution in [-0.2, 0) is 0 Å². The van der Waals surface area contributed by atoms with Gasteiger partial charge in [0.2, 0.25) is 0 Å². The van der Waals surface area contributed by atoms with Gasteiger partial charge in [0.05, 0.1) is 16.3 Å². The Labute approximate surface area is 159 Å². The van der Waals surface area contributed by atoms with Crippen LogP contribution < -0.4 is 5.32 Å².